The number of nitrogens with one attached hydrogen (secondary N) is 1. The van der Waals surface area contributed by atoms with Crippen LogP contribution in [0.1, 0.15) is 36.8 Å². The van der Waals surface area contributed by atoms with E-state index in [2.05, 4.69) is 10.3 Å². The highest BCUT2D eigenvalue weighted by Gasteiger charge is 2.37. The predicted molar refractivity (Wildman–Crippen MR) is 105 cm³/mol. The van der Waals surface area contributed by atoms with Crippen LogP contribution in [0.5, 0.6) is 5.75 Å². The van der Waals surface area contributed by atoms with Crippen molar-refractivity contribution in [2.75, 3.05) is 17.3 Å². The summed E-state index contributed by atoms with van der Waals surface area (Å²) in [7, 11) is 1.51. The van der Waals surface area contributed by atoms with Crippen LogP contribution in [-0.4, -0.2) is 29.8 Å². The van der Waals surface area contributed by atoms with Crippen molar-refractivity contribution in [3.63, 3.8) is 0 Å². The van der Waals surface area contributed by atoms with Gasteiger partial charge in [0.05, 0.1) is 29.6 Å². The highest BCUT2D eigenvalue weighted by atomic mass is 32.1. The van der Waals surface area contributed by atoms with Crippen molar-refractivity contribution in [3.05, 3.63) is 70.2 Å². The molecule has 0 spiro atoms. The Bertz CT molecular complexity index is 1120. The molecule has 3 amide bonds. The first-order chi connectivity index (χ1) is 13.5. The topological polar surface area (TPSA) is 88.6 Å². The van der Waals surface area contributed by atoms with E-state index in [1.807, 2.05) is 12.3 Å². The highest BCUT2D eigenvalue weighted by molar-refractivity contribution is 7.13. The average Bonchev–Trinajstić information content (AvgIpc) is 3.22. The van der Waals surface area contributed by atoms with Crippen molar-refractivity contribution in [2.24, 2.45) is 0 Å². The maximum Gasteiger partial charge on any atom is 0.266 e. The second kappa shape index (κ2) is 6.90. The molecular weight excluding hydrogens is 378 g/mol. The van der Waals surface area contributed by atoms with Gasteiger partial charge >= 0.3 is 0 Å². The molecule has 3 aromatic rings. The number of rotatable bonds is 4. The van der Waals surface area contributed by atoms with Crippen LogP contribution in [-0.2, 0) is 0 Å². The summed E-state index contributed by atoms with van der Waals surface area (Å²) in [5.41, 5.74) is 1.95. The molecule has 7 nitrogen and oxygen atoms in total. The molecule has 1 aliphatic rings. The molecule has 0 bridgehead atoms. The van der Waals surface area contributed by atoms with Crippen molar-refractivity contribution in [3.8, 4) is 5.75 Å². The van der Waals surface area contributed by atoms with E-state index in [1.165, 1.54) is 36.6 Å². The molecule has 2 aromatic carbocycles. The van der Waals surface area contributed by atoms with E-state index in [1.54, 1.807) is 24.3 Å². The fourth-order valence-electron chi connectivity index (χ4n) is 2.95. The first kappa shape index (κ1) is 17.9. The van der Waals surface area contributed by atoms with Gasteiger partial charge in [0, 0.05) is 17.0 Å². The summed E-state index contributed by atoms with van der Waals surface area (Å²) in [6.45, 7) is 1.83. The minimum Gasteiger partial charge on any atom is -0.497 e. The van der Waals surface area contributed by atoms with Crippen LogP contribution in [0.2, 0.25) is 0 Å². The lowest BCUT2D eigenvalue weighted by Gasteiger charge is -2.14. The van der Waals surface area contributed by atoms with Crippen LogP contribution in [0.25, 0.3) is 0 Å². The molecule has 4 rings (SSSR count). The van der Waals surface area contributed by atoms with Gasteiger partial charge in [-0.15, -0.1) is 11.3 Å². The number of ether oxygens (including phenoxy) is 1. The van der Waals surface area contributed by atoms with E-state index < -0.39 is 17.7 Å². The molecule has 28 heavy (non-hydrogen) atoms. The molecule has 1 N–H and O–H groups in total. The number of fused-ring (bicyclic) bond motifs is 1. The van der Waals surface area contributed by atoms with Crippen LogP contribution in [0.3, 0.4) is 0 Å². The fraction of sp³-hybridized carbons (Fsp3) is 0.100. The van der Waals surface area contributed by atoms with Gasteiger partial charge in [-0.05, 0) is 37.3 Å². The Morgan fingerprint density at radius 1 is 1.11 bits per heavy atom. The van der Waals surface area contributed by atoms with Crippen LogP contribution in [0.15, 0.2) is 47.8 Å². The Morgan fingerprint density at radius 3 is 2.61 bits per heavy atom. The van der Waals surface area contributed by atoms with Crippen molar-refractivity contribution < 1.29 is 19.1 Å². The Kier molecular flexibility index (Phi) is 4.40. The molecule has 2 heterocycles. The first-order valence-corrected chi connectivity index (χ1v) is 9.26. The summed E-state index contributed by atoms with van der Waals surface area (Å²) >= 11 is 1.32. The monoisotopic (exact) mass is 393 g/mol. The van der Waals surface area contributed by atoms with Gasteiger partial charge in [-0.25, -0.2) is 9.88 Å². The summed E-state index contributed by atoms with van der Waals surface area (Å²) in [4.78, 5) is 43.4. The van der Waals surface area contributed by atoms with Crippen LogP contribution in [0, 0.1) is 6.92 Å². The number of hydrogen-bond acceptors (Lipinski definition) is 6. The lowest BCUT2D eigenvalue weighted by Crippen LogP contribution is -2.29. The van der Waals surface area contributed by atoms with Crippen LogP contribution >= 0.6 is 11.3 Å². The first-order valence-electron chi connectivity index (χ1n) is 8.38. The SMILES string of the molecule is COc1cccc(N2C(=O)c3ccc(C(=O)Nc4nc(C)cs4)cc3C2=O)c1. The van der Waals surface area contributed by atoms with E-state index >= 15 is 0 Å². The number of carbonyl (C=O) groups excluding carboxylic acids is 3. The molecule has 0 unspecified atom stereocenters. The predicted octanol–water partition coefficient (Wildman–Crippen LogP) is 3.51. The van der Waals surface area contributed by atoms with Gasteiger partial charge in [0.2, 0.25) is 0 Å². The van der Waals surface area contributed by atoms with Gasteiger partial charge in [0.25, 0.3) is 17.7 Å². The maximum atomic E-state index is 12.9. The third kappa shape index (κ3) is 3.03. The number of aromatic nitrogens is 1. The number of nitrogens with zero attached hydrogens (tertiary/aromatic N) is 2. The summed E-state index contributed by atoms with van der Waals surface area (Å²) in [5, 5.41) is 5.00. The van der Waals surface area contributed by atoms with Crippen molar-refractivity contribution in [1.29, 1.82) is 0 Å². The fourth-order valence-corrected chi connectivity index (χ4v) is 3.63. The molecule has 0 radical (unpaired) electrons. The number of imide groups is 1. The summed E-state index contributed by atoms with van der Waals surface area (Å²) in [6, 6.07) is 11.2. The van der Waals surface area contributed by atoms with E-state index in [-0.39, 0.29) is 16.7 Å². The largest absolute Gasteiger partial charge is 0.497 e. The zero-order chi connectivity index (χ0) is 19.8. The van der Waals surface area contributed by atoms with Gasteiger partial charge in [0.15, 0.2) is 5.13 Å². The number of methoxy groups -OCH3 is 1. The van der Waals surface area contributed by atoms with Gasteiger partial charge < -0.3 is 4.74 Å². The zero-order valence-electron chi connectivity index (χ0n) is 15.1. The van der Waals surface area contributed by atoms with E-state index in [0.29, 0.717) is 16.6 Å². The zero-order valence-corrected chi connectivity index (χ0v) is 15.9. The lowest BCUT2D eigenvalue weighted by atomic mass is 10.1. The number of carbonyl (C=O) groups is 3. The van der Waals surface area contributed by atoms with Gasteiger partial charge in [-0.2, -0.15) is 0 Å². The van der Waals surface area contributed by atoms with Gasteiger partial charge in [-0.3, -0.25) is 19.7 Å². The normalized spacial score (nSPS) is 12.9. The summed E-state index contributed by atoms with van der Waals surface area (Å²) in [5.74, 6) is -0.770. The van der Waals surface area contributed by atoms with Gasteiger partial charge in [-0.1, -0.05) is 6.07 Å². The summed E-state index contributed by atoms with van der Waals surface area (Å²) < 4.78 is 5.16. The maximum absolute atomic E-state index is 12.9. The molecule has 140 valence electrons. The van der Waals surface area contributed by atoms with E-state index in [9.17, 15) is 14.4 Å². The third-order valence-electron chi connectivity index (χ3n) is 4.30. The van der Waals surface area contributed by atoms with E-state index in [4.69, 9.17) is 4.74 Å². The molecule has 1 aromatic heterocycles. The van der Waals surface area contributed by atoms with Crippen LogP contribution in [0.4, 0.5) is 10.8 Å². The number of benzene rings is 2. The average molecular weight is 393 g/mol. The number of aryl methyl sites for hydroxylation is 1. The van der Waals surface area contributed by atoms with Crippen molar-refractivity contribution >= 4 is 39.9 Å². The molecular formula is C20H15N3O4S. The smallest absolute Gasteiger partial charge is 0.266 e. The van der Waals surface area contributed by atoms with Crippen molar-refractivity contribution in [1.82, 2.24) is 4.98 Å². The number of amides is 3. The number of anilines is 2. The van der Waals surface area contributed by atoms with Crippen LogP contribution < -0.4 is 15.0 Å². The highest BCUT2D eigenvalue weighted by Crippen LogP contribution is 2.31. The second-order valence-corrected chi connectivity index (χ2v) is 7.01. The molecule has 0 saturated heterocycles. The lowest BCUT2D eigenvalue weighted by molar-refractivity contribution is 0.0925. The standard InChI is InChI=1S/C20H15N3O4S/c1-11-10-28-20(21-11)22-17(24)12-6-7-15-16(8-12)19(26)23(18(15)25)13-4-3-5-14(9-13)27-2/h3-10H,1-2H3,(H,21,22,24). The minimum atomic E-state index is -0.479. The summed E-state index contributed by atoms with van der Waals surface area (Å²) in [6.07, 6.45) is 0. The Labute approximate surface area is 164 Å². The van der Waals surface area contributed by atoms with Gasteiger partial charge in [0.1, 0.15) is 5.75 Å². The second-order valence-electron chi connectivity index (χ2n) is 6.16. The Morgan fingerprint density at radius 2 is 1.89 bits per heavy atom. The number of thiazole rings is 1. The molecule has 8 heteroatoms. The Balaban J connectivity index is 1.64. The van der Waals surface area contributed by atoms with Crippen molar-refractivity contribution in [2.45, 2.75) is 6.92 Å². The Hall–Kier alpha value is -3.52. The number of hydrogen-bond donors (Lipinski definition) is 1. The molecule has 1 aliphatic heterocycles. The quantitative estimate of drug-likeness (QED) is 0.685. The molecule has 0 atom stereocenters. The molecule has 0 aliphatic carbocycles. The molecule has 0 saturated carbocycles. The van der Waals surface area contributed by atoms with E-state index in [0.717, 1.165) is 10.6 Å². The minimum absolute atomic E-state index is 0.191. The third-order valence-corrected chi connectivity index (χ3v) is 5.18. The molecule has 0 fully saturated rings.